The van der Waals surface area contributed by atoms with Crippen molar-refractivity contribution in [1.82, 2.24) is 20.4 Å². The Kier molecular flexibility index (Phi) is 15.0. The molecule has 3 aromatic heterocycles. The van der Waals surface area contributed by atoms with Crippen molar-refractivity contribution in [3.05, 3.63) is 103 Å². The number of nitrogens with zero attached hydrogens (tertiary/aromatic N) is 3. The van der Waals surface area contributed by atoms with Gasteiger partial charge in [-0.1, -0.05) is 58.8 Å². The van der Waals surface area contributed by atoms with Crippen LogP contribution in [0, 0.1) is 0 Å². The average Bonchev–Trinajstić information content (AvgIpc) is 3.75. The molecule has 5 aromatic rings. The number of furan rings is 1. The molecule has 46 heavy (non-hydrogen) atoms. The van der Waals surface area contributed by atoms with Crippen molar-refractivity contribution in [1.29, 1.82) is 0 Å². The van der Waals surface area contributed by atoms with Crippen LogP contribution in [0.5, 0.6) is 0 Å². The molecule has 3 N–H and O–H groups in total. The van der Waals surface area contributed by atoms with E-state index < -0.39 is 6.03 Å². The zero-order chi connectivity index (χ0) is 34.1. The van der Waals surface area contributed by atoms with Gasteiger partial charge >= 0.3 is 6.03 Å². The lowest BCUT2D eigenvalue weighted by Crippen LogP contribution is -2.19. The van der Waals surface area contributed by atoms with Gasteiger partial charge in [0.15, 0.2) is 5.82 Å². The van der Waals surface area contributed by atoms with E-state index in [9.17, 15) is 4.79 Å². The number of urea groups is 1. The number of aromatic nitrogens is 3. The number of carbonyl (C=O) groups is 2. The van der Waals surface area contributed by atoms with Crippen LogP contribution in [-0.2, 0) is 23.2 Å². The Morgan fingerprint density at radius 2 is 1.70 bits per heavy atom. The first kappa shape index (κ1) is 37.1. The summed E-state index contributed by atoms with van der Waals surface area (Å²) in [5.74, 6) is 2.77. The molecule has 0 unspecified atom stereocenters. The van der Waals surface area contributed by atoms with Gasteiger partial charge in [-0.15, -0.1) is 13.2 Å². The third kappa shape index (κ3) is 10.5. The van der Waals surface area contributed by atoms with E-state index >= 15 is 0 Å². The second-order valence-corrected chi connectivity index (χ2v) is 10.8. The van der Waals surface area contributed by atoms with Gasteiger partial charge in [-0.2, -0.15) is 0 Å². The van der Waals surface area contributed by atoms with Crippen molar-refractivity contribution in [3.8, 4) is 11.3 Å². The molecule has 0 aliphatic rings. The predicted molar refractivity (Wildman–Crippen MR) is 186 cm³/mol. The topological polar surface area (TPSA) is 135 Å². The summed E-state index contributed by atoms with van der Waals surface area (Å²) >= 11 is 0. The minimum atomic E-state index is -0.397. The van der Waals surface area contributed by atoms with Crippen LogP contribution in [0.2, 0.25) is 0 Å². The standard InChI is InChI=1S/C31H34N6O3.C2H6.C2H4.CH2O/c1-5-13-32-18-23-10-12-27(39-23)21-9-11-25-24(16-21)26(34-19-33-25)15-20-7-6-8-22(14-20)35-30(38)36-29-17-28(40-37-29)31(2,3)4;3*1-2/h6-12,14,16-17,19,32H,5,13,15,18H2,1-4H3,(H2,35,36,37,38);1-2H3;1-2H2;1H2. The first-order valence-electron chi connectivity index (χ1n) is 15.2. The molecule has 2 aromatic carbocycles. The molecule has 3 heterocycles. The van der Waals surface area contributed by atoms with Gasteiger partial charge in [-0.05, 0) is 61.0 Å². The van der Waals surface area contributed by atoms with Gasteiger partial charge in [0.05, 0.1) is 17.8 Å². The van der Waals surface area contributed by atoms with Crippen LogP contribution in [0.15, 0.2) is 89.1 Å². The molecule has 0 spiro atoms. The molecule has 244 valence electrons. The number of benzene rings is 2. The van der Waals surface area contributed by atoms with E-state index in [1.54, 1.807) is 12.4 Å². The fourth-order valence-electron chi connectivity index (χ4n) is 4.34. The smallest absolute Gasteiger partial charge is 0.324 e. The fourth-order valence-corrected chi connectivity index (χ4v) is 4.34. The first-order chi connectivity index (χ1) is 22.3. The van der Waals surface area contributed by atoms with Crippen LogP contribution < -0.4 is 16.0 Å². The summed E-state index contributed by atoms with van der Waals surface area (Å²) in [7, 11) is 0. The maximum Gasteiger partial charge on any atom is 0.324 e. The molecule has 5 rings (SSSR count). The molecule has 10 heteroatoms. The summed E-state index contributed by atoms with van der Waals surface area (Å²) in [4.78, 5) is 29.6. The Balaban J connectivity index is 0.00000116. The highest BCUT2D eigenvalue weighted by Gasteiger charge is 2.20. The molecule has 0 aliphatic heterocycles. The van der Waals surface area contributed by atoms with E-state index in [4.69, 9.17) is 13.7 Å². The van der Waals surface area contributed by atoms with Crippen LogP contribution in [0.4, 0.5) is 16.3 Å². The van der Waals surface area contributed by atoms with E-state index in [0.717, 1.165) is 52.2 Å². The van der Waals surface area contributed by atoms with Gasteiger partial charge in [0, 0.05) is 34.5 Å². The SMILES string of the molecule is C=C.C=O.CC.CCCNCc1ccc(-c2ccc3ncnc(Cc4cccc(NC(=O)Nc5cc(C(C)(C)C)on5)c4)c3c2)o1. The Labute approximate surface area is 271 Å². The molecule has 0 bridgehead atoms. The van der Waals surface area contributed by atoms with Gasteiger partial charge < -0.3 is 24.4 Å². The van der Waals surface area contributed by atoms with Crippen molar-refractivity contribution < 1.29 is 18.5 Å². The number of hydrogen-bond acceptors (Lipinski definition) is 8. The molecule has 10 nitrogen and oxygen atoms in total. The summed E-state index contributed by atoms with van der Waals surface area (Å²) in [5, 5.41) is 13.9. The molecule has 0 fully saturated rings. The van der Waals surface area contributed by atoms with Crippen LogP contribution in [0.3, 0.4) is 0 Å². The van der Waals surface area contributed by atoms with Crippen molar-refractivity contribution in [2.45, 2.75) is 66.3 Å². The van der Waals surface area contributed by atoms with Gasteiger partial charge in [-0.3, -0.25) is 5.32 Å². The lowest BCUT2D eigenvalue weighted by molar-refractivity contribution is -0.0980. The number of hydrogen-bond donors (Lipinski definition) is 3. The minimum Gasteiger partial charge on any atom is -0.460 e. The van der Waals surface area contributed by atoms with Crippen molar-refractivity contribution >= 4 is 35.2 Å². The number of rotatable bonds is 9. The largest absolute Gasteiger partial charge is 0.460 e. The summed E-state index contributed by atoms with van der Waals surface area (Å²) in [6, 6.07) is 19.1. The Bertz CT molecular complexity index is 1650. The molecule has 2 amide bonds. The van der Waals surface area contributed by atoms with Crippen molar-refractivity contribution in [2.24, 2.45) is 0 Å². The molecule has 0 radical (unpaired) electrons. The van der Waals surface area contributed by atoms with E-state index in [1.807, 2.05) is 89.9 Å². The minimum absolute atomic E-state index is 0.198. The van der Waals surface area contributed by atoms with Gasteiger partial charge in [0.25, 0.3) is 0 Å². The highest BCUT2D eigenvalue weighted by Crippen LogP contribution is 2.28. The number of nitrogens with one attached hydrogen (secondary N) is 3. The highest BCUT2D eigenvalue weighted by molar-refractivity contribution is 5.99. The number of anilines is 2. The zero-order valence-corrected chi connectivity index (χ0v) is 27.8. The quantitative estimate of drug-likeness (QED) is 0.109. The maximum absolute atomic E-state index is 12.6. The van der Waals surface area contributed by atoms with Crippen LogP contribution in [0.25, 0.3) is 22.2 Å². The van der Waals surface area contributed by atoms with E-state index in [-0.39, 0.29) is 5.41 Å². The van der Waals surface area contributed by atoms with Crippen molar-refractivity contribution in [2.75, 3.05) is 17.2 Å². The number of fused-ring (bicyclic) bond motifs is 1. The Morgan fingerprint density at radius 3 is 2.39 bits per heavy atom. The van der Waals surface area contributed by atoms with Crippen LogP contribution in [-0.4, -0.2) is 34.5 Å². The van der Waals surface area contributed by atoms with E-state index in [2.05, 4.69) is 57.2 Å². The monoisotopic (exact) mass is 626 g/mol. The average molecular weight is 627 g/mol. The number of amides is 2. The predicted octanol–water partition coefficient (Wildman–Crippen LogP) is 8.55. The molecular weight excluding hydrogens is 580 g/mol. The summed E-state index contributed by atoms with van der Waals surface area (Å²) in [6.45, 7) is 21.9. The van der Waals surface area contributed by atoms with E-state index in [1.165, 1.54) is 0 Å². The second-order valence-electron chi connectivity index (χ2n) is 10.8. The van der Waals surface area contributed by atoms with Crippen LogP contribution in [0.1, 0.15) is 70.7 Å². The number of carbonyl (C=O) groups excluding carboxylic acids is 2. The summed E-state index contributed by atoms with van der Waals surface area (Å²) in [5.41, 5.74) is 4.19. The van der Waals surface area contributed by atoms with Crippen LogP contribution >= 0.6 is 0 Å². The summed E-state index contributed by atoms with van der Waals surface area (Å²) in [6.07, 6.45) is 3.23. The Hall–Kier alpha value is -5.09. The fraction of sp³-hybridized carbons (Fsp3) is 0.306. The third-order valence-corrected chi connectivity index (χ3v) is 6.44. The Morgan fingerprint density at radius 1 is 0.935 bits per heavy atom. The molecule has 0 aliphatic carbocycles. The van der Waals surface area contributed by atoms with Gasteiger partial charge in [0.1, 0.15) is 30.4 Å². The third-order valence-electron chi connectivity index (χ3n) is 6.44. The lowest BCUT2D eigenvalue weighted by Gasteiger charge is -2.12. The van der Waals surface area contributed by atoms with Crippen molar-refractivity contribution in [3.63, 3.8) is 0 Å². The molecule has 0 atom stereocenters. The maximum atomic E-state index is 12.6. The molecule has 0 saturated heterocycles. The highest BCUT2D eigenvalue weighted by atomic mass is 16.5. The summed E-state index contributed by atoms with van der Waals surface area (Å²) < 4.78 is 11.4. The van der Waals surface area contributed by atoms with Gasteiger partial charge in [-0.25, -0.2) is 14.8 Å². The zero-order valence-electron chi connectivity index (χ0n) is 27.8. The molecular formula is C36H46N6O4. The normalized spacial score (nSPS) is 10.4. The second kappa shape index (κ2) is 18.7. The first-order valence-corrected chi connectivity index (χ1v) is 15.2. The van der Waals surface area contributed by atoms with E-state index in [0.29, 0.717) is 30.2 Å². The van der Waals surface area contributed by atoms with Gasteiger partial charge in [0.2, 0.25) is 0 Å². The molecule has 0 saturated carbocycles. The lowest BCUT2D eigenvalue weighted by atomic mass is 9.93.